The van der Waals surface area contributed by atoms with Gasteiger partial charge in [-0.25, -0.2) is 9.18 Å². The van der Waals surface area contributed by atoms with E-state index in [9.17, 15) is 18.8 Å². The summed E-state index contributed by atoms with van der Waals surface area (Å²) in [5.74, 6) is -1.25. The van der Waals surface area contributed by atoms with Crippen molar-refractivity contribution in [3.63, 3.8) is 0 Å². The number of nitrogens with zero attached hydrogens (tertiary/aromatic N) is 1. The second-order valence-electron chi connectivity index (χ2n) is 9.71. The van der Waals surface area contributed by atoms with E-state index in [1.165, 1.54) is 6.07 Å². The Hall–Kier alpha value is -3.42. The van der Waals surface area contributed by atoms with Gasteiger partial charge < -0.3 is 20.3 Å². The Morgan fingerprint density at radius 2 is 1.83 bits per heavy atom. The molecule has 2 aromatic carbocycles. The van der Waals surface area contributed by atoms with Crippen molar-refractivity contribution >= 4 is 23.6 Å². The number of halogens is 1. The minimum Gasteiger partial charge on any atom is -0.444 e. The number of anilines is 1. The summed E-state index contributed by atoms with van der Waals surface area (Å²) in [7, 11) is 0. The van der Waals surface area contributed by atoms with Crippen LogP contribution in [0.15, 0.2) is 48.5 Å². The Morgan fingerprint density at radius 1 is 1.14 bits per heavy atom. The lowest BCUT2D eigenvalue weighted by Crippen LogP contribution is -2.55. The third kappa shape index (κ3) is 7.04. The van der Waals surface area contributed by atoms with Crippen molar-refractivity contribution in [1.82, 2.24) is 10.6 Å². The zero-order valence-corrected chi connectivity index (χ0v) is 20.8. The average Bonchev–Trinajstić information content (AvgIpc) is 2.91. The molecule has 0 aromatic heterocycles. The van der Waals surface area contributed by atoms with E-state index in [2.05, 4.69) is 10.6 Å². The van der Waals surface area contributed by atoms with Gasteiger partial charge in [0.2, 0.25) is 11.8 Å². The summed E-state index contributed by atoms with van der Waals surface area (Å²) in [5.41, 5.74) is 1.40. The molecule has 0 unspecified atom stereocenters. The van der Waals surface area contributed by atoms with Crippen LogP contribution in [-0.4, -0.2) is 42.1 Å². The molecule has 1 aliphatic heterocycles. The van der Waals surface area contributed by atoms with Crippen molar-refractivity contribution in [3.05, 3.63) is 65.5 Å². The van der Waals surface area contributed by atoms with Crippen molar-refractivity contribution in [2.24, 2.45) is 0 Å². The summed E-state index contributed by atoms with van der Waals surface area (Å²) in [6.45, 7) is 7.65. The molecule has 2 atom stereocenters. The van der Waals surface area contributed by atoms with Crippen molar-refractivity contribution < 1.29 is 23.5 Å². The molecule has 0 spiro atoms. The minimum absolute atomic E-state index is 0.0858. The highest BCUT2D eigenvalue weighted by molar-refractivity contribution is 6.01. The lowest BCUT2D eigenvalue weighted by Gasteiger charge is -2.28. The maximum absolute atomic E-state index is 14.3. The van der Waals surface area contributed by atoms with Gasteiger partial charge in [0.05, 0.1) is 0 Å². The van der Waals surface area contributed by atoms with Gasteiger partial charge in [-0.1, -0.05) is 43.3 Å². The molecule has 0 radical (unpaired) electrons. The number of benzene rings is 2. The van der Waals surface area contributed by atoms with Crippen LogP contribution in [0.2, 0.25) is 0 Å². The maximum atomic E-state index is 14.3. The van der Waals surface area contributed by atoms with E-state index in [1.807, 2.05) is 31.2 Å². The molecular formula is C27H34FN3O4. The first kappa shape index (κ1) is 26.2. The number of carbonyl (C=O) groups excluding carboxylic acids is 3. The molecule has 0 aliphatic carbocycles. The molecule has 0 fully saturated rings. The summed E-state index contributed by atoms with van der Waals surface area (Å²) in [5, 5.41) is 5.37. The number of alkyl carbamates (subject to hydrolysis) is 1. The maximum Gasteiger partial charge on any atom is 0.408 e. The standard InChI is InChI=1S/C27H34FN3O4/c1-5-16-31-23-13-9-7-10-18(23)14-15-21(25(31)33)29-24(32)22(30-26(34)35-27(2,3)4)17-19-11-6-8-12-20(19)28/h6-13,21-22H,5,14-17H2,1-4H3,(H,29,32)(H,30,34)/t21-,22-/m1/s1. The van der Waals surface area contributed by atoms with Crippen molar-refractivity contribution in [2.45, 2.75) is 71.1 Å². The van der Waals surface area contributed by atoms with Gasteiger partial charge in [0.25, 0.3) is 0 Å². The SMILES string of the molecule is CCCN1C(=O)[C@H](NC(=O)[C@@H](Cc2ccccc2F)NC(=O)OC(C)(C)C)CCc2ccccc21. The van der Waals surface area contributed by atoms with Crippen LogP contribution in [0.3, 0.4) is 0 Å². The molecule has 0 saturated carbocycles. The number of hydrogen-bond acceptors (Lipinski definition) is 4. The molecule has 0 bridgehead atoms. The number of rotatable bonds is 7. The van der Waals surface area contributed by atoms with Crippen LogP contribution in [0.5, 0.6) is 0 Å². The Morgan fingerprint density at radius 3 is 2.51 bits per heavy atom. The average molecular weight is 484 g/mol. The monoisotopic (exact) mass is 483 g/mol. The molecule has 188 valence electrons. The number of amides is 3. The third-order valence-electron chi connectivity index (χ3n) is 5.70. The summed E-state index contributed by atoms with van der Waals surface area (Å²) in [6.07, 6.45) is 0.917. The molecule has 7 nitrogen and oxygen atoms in total. The predicted molar refractivity (Wildman–Crippen MR) is 133 cm³/mol. The molecule has 2 N–H and O–H groups in total. The van der Waals surface area contributed by atoms with E-state index in [0.717, 1.165) is 17.7 Å². The Kier molecular flexibility index (Phi) is 8.48. The Bertz CT molecular complexity index is 1070. The van der Waals surface area contributed by atoms with Crippen molar-refractivity contribution in [2.75, 3.05) is 11.4 Å². The normalized spacial score (nSPS) is 16.7. The van der Waals surface area contributed by atoms with E-state index in [4.69, 9.17) is 4.74 Å². The van der Waals surface area contributed by atoms with E-state index in [0.29, 0.717) is 19.4 Å². The van der Waals surface area contributed by atoms with E-state index in [-0.39, 0.29) is 17.9 Å². The minimum atomic E-state index is -1.13. The number of aryl methyl sites for hydroxylation is 1. The first-order chi connectivity index (χ1) is 16.6. The van der Waals surface area contributed by atoms with Crippen molar-refractivity contribution in [3.8, 4) is 0 Å². The van der Waals surface area contributed by atoms with Crippen LogP contribution in [0.25, 0.3) is 0 Å². The van der Waals surface area contributed by atoms with Crippen molar-refractivity contribution in [1.29, 1.82) is 0 Å². The van der Waals surface area contributed by atoms with E-state index >= 15 is 0 Å². The Labute approximate surface area is 206 Å². The van der Waals surface area contributed by atoms with Crippen LogP contribution >= 0.6 is 0 Å². The van der Waals surface area contributed by atoms with Gasteiger partial charge in [-0.3, -0.25) is 9.59 Å². The first-order valence-corrected chi connectivity index (χ1v) is 12.0. The van der Waals surface area contributed by atoms with E-state index in [1.54, 1.807) is 43.9 Å². The van der Waals surface area contributed by atoms with Gasteiger partial charge in [0.15, 0.2) is 0 Å². The quantitative estimate of drug-likeness (QED) is 0.620. The highest BCUT2D eigenvalue weighted by atomic mass is 19.1. The van der Waals surface area contributed by atoms with Crippen LogP contribution in [0.4, 0.5) is 14.9 Å². The van der Waals surface area contributed by atoms with Gasteiger partial charge >= 0.3 is 6.09 Å². The predicted octanol–water partition coefficient (Wildman–Crippen LogP) is 4.14. The van der Waals surface area contributed by atoms with Crippen LogP contribution in [-0.2, 0) is 27.2 Å². The molecule has 3 rings (SSSR count). The molecule has 35 heavy (non-hydrogen) atoms. The number of para-hydroxylation sites is 1. The summed E-state index contributed by atoms with van der Waals surface area (Å²) >= 11 is 0. The highest BCUT2D eigenvalue weighted by Crippen LogP contribution is 2.27. The second kappa shape index (κ2) is 11.3. The molecule has 8 heteroatoms. The summed E-state index contributed by atoms with van der Waals surface area (Å²) < 4.78 is 19.7. The fraction of sp³-hybridized carbons (Fsp3) is 0.444. The van der Waals surface area contributed by atoms with Gasteiger partial charge in [-0.05, 0) is 63.3 Å². The molecule has 1 heterocycles. The number of nitrogens with one attached hydrogen (secondary N) is 2. The number of carbonyl (C=O) groups is 3. The fourth-order valence-electron chi connectivity index (χ4n) is 4.12. The van der Waals surface area contributed by atoms with E-state index < -0.39 is 35.5 Å². The fourth-order valence-corrected chi connectivity index (χ4v) is 4.12. The Balaban J connectivity index is 1.81. The molecule has 1 aliphatic rings. The van der Waals surface area contributed by atoms with Crippen LogP contribution in [0, 0.1) is 5.82 Å². The molecule has 0 saturated heterocycles. The lowest BCUT2D eigenvalue weighted by molar-refractivity contribution is -0.128. The van der Waals surface area contributed by atoms with Gasteiger partial charge in [0, 0.05) is 18.7 Å². The molecule has 3 amide bonds. The first-order valence-electron chi connectivity index (χ1n) is 12.0. The van der Waals surface area contributed by atoms with Gasteiger partial charge in [-0.2, -0.15) is 0 Å². The second-order valence-corrected chi connectivity index (χ2v) is 9.71. The smallest absolute Gasteiger partial charge is 0.408 e. The number of ether oxygens (including phenoxy) is 1. The van der Waals surface area contributed by atoms with Gasteiger partial charge in [-0.15, -0.1) is 0 Å². The van der Waals surface area contributed by atoms with Crippen LogP contribution < -0.4 is 15.5 Å². The molecule has 2 aromatic rings. The molecular weight excluding hydrogens is 449 g/mol. The van der Waals surface area contributed by atoms with Crippen LogP contribution in [0.1, 0.15) is 51.7 Å². The summed E-state index contributed by atoms with van der Waals surface area (Å²) in [4.78, 5) is 40.9. The van der Waals surface area contributed by atoms with Gasteiger partial charge in [0.1, 0.15) is 23.5 Å². The zero-order chi connectivity index (χ0) is 25.6. The zero-order valence-electron chi connectivity index (χ0n) is 20.8. The number of hydrogen-bond donors (Lipinski definition) is 2. The summed E-state index contributed by atoms with van der Waals surface area (Å²) in [6, 6.07) is 11.9. The topological polar surface area (TPSA) is 87.7 Å². The number of fused-ring (bicyclic) bond motifs is 1. The third-order valence-corrected chi connectivity index (χ3v) is 5.70. The largest absolute Gasteiger partial charge is 0.444 e. The lowest BCUT2D eigenvalue weighted by atomic mass is 10.0. The highest BCUT2D eigenvalue weighted by Gasteiger charge is 2.33.